The van der Waals surface area contributed by atoms with E-state index in [0.29, 0.717) is 0 Å². The SMILES string of the molecule is CC(C)(C)N.c1cc2cc-2c1. The lowest BCUT2D eigenvalue weighted by atomic mass is 10.1. The minimum atomic E-state index is 0. The van der Waals surface area contributed by atoms with Crippen LogP contribution in [0.5, 0.6) is 0 Å². The van der Waals surface area contributed by atoms with Crippen LogP contribution in [0.1, 0.15) is 20.8 Å². The lowest BCUT2D eigenvalue weighted by Crippen LogP contribution is -2.26. The molecule has 2 aliphatic carbocycles. The standard InChI is InChI=1S/C6H4.C4H11N/c1-2-5-4-6(5)3-1;1-4(2,3)5/h1-4H;5H2,1-3H3. The number of hydrogen-bond acceptors (Lipinski definition) is 1. The maximum atomic E-state index is 5.35. The second-order valence-electron chi connectivity index (χ2n) is 3.95. The fourth-order valence-electron chi connectivity index (χ4n) is 0.676. The van der Waals surface area contributed by atoms with E-state index < -0.39 is 0 Å². The summed E-state index contributed by atoms with van der Waals surface area (Å²) in [7, 11) is 0. The molecule has 1 heteroatoms. The van der Waals surface area contributed by atoms with E-state index in [9.17, 15) is 0 Å². The van der Waals surface area contributed by atoms with Gasteiger partial charge in [0.2, 0.25) is 0 Å². The Morgan fingerprint density at radius 2 is 1.45 bits per heavy atom. The van der Waals surface area contributed by atoms with E-state index in [0.717, 1.165) is 0 Å². The third kappa shape index (κ3) is 3.79. The average molecular weight is 149 g/mol. The van der Waals surface area contributed by atoms with E-state index in [1.54, 1.807) is 0 Å². The summed E-state index contributed by atoms with van der Waals surface area (Å²) in [5.74, 6) is 0. The molecule has 0 aromatic rings. The van der Waals surface area contributed by atoms with Crippen LogP contribution in [0, 0.1) is 0 Å². The van der Waals surface area contributed by atoms with E-state index >= 15 is 0 Å². The smallest absolute Gasteiger partial charge is 0.00686 e. The van der Waals surface area contributed by atoms with Crippen molar-refractivity contribution in [3.05, 3.63) is 24.3 Å². The Kier molecular flexibility index (Phi) is 2.01. The van der Waals surface area contributed by atoms with Crippen LogP contribution in [0.2, 0.25) is 0 Å². The summed E-state index contributed by atoms with van der Waals surface area (Å²) in [4.78, 5) is 0. The van der Waals surface area contributed by atoms with Gasteiger partial charge in [-0.1, -0.05) is 18.2 Å². The molecule has 0 fully saturated rings. The van der Waals surface area contributed by atoms with Gasteiger partial charge < -0.3 is 5.73 Å². The molecular weight excluding hydrogens is 134 g/mol. The molecule has 0 saturated carbocycles. The first-order valence-corrected chi connectivity index (χ1v) is 3.86. The fourth-order valence-corrected chi connectivity index (χ4v) is 0.676. The van der Waals surface area contributed by atoms with Crippen molar-refractivity contribution in [2.45, 2.75) is 26.3 Å². The van der Waals surface area contributed by atoms with Crippen LogP contribution in [0.25, 0.3) is 11.1 Å². The summed E-state index contributed by atoms with van der Waals surface area (Å²) in [5, 5.41) is 0. The normalized spacial score (nSPS) is 11.6. The van der Waals surface area contributed by atoms with Crippen molar-refractivity contribution in [1.82, 2.24) is 0 Å². The summed E-state index contributed by atoms with van der Waals surface area (Å²) in [6.45, 7) is 5.90. The molecule has 60 valence electrons. The quantitative estimate of drug-likeness (QED) is 0.611. The Hall–Kier alpha value is -0.820. The van der Waals surface area contributed by atoms with Gasteiger partial charge in [-0.25, -0.2) is 0 Å². The van der Waals surface area contributed by atoms with Crippen molar-refractivity contribution in [1.29, 1.82) is 0 Å². The first-order valence-electron chi connectivity index (χ1n) is 3.86. The molecule has 0 aromatic heterocycles. The molecule has 0 saturated heterocycles. The molecule has 0 radical (unpaired) electrons. The molecular formula is C10H15N. The zero-order chi connectivity index (χ0) is 8.48. The highest BCUT2D eigenvalue weighted by Crippen LogP contribution is 2.32. The van der Waals surface area contributed by atoms with E-state index in [-0.39, 0.29) is 5.54 Å². The minimum absolute atomic E-state index is 0. The van der Waals surface area contributed by atoms with Crippen LogP contribution >= 0.6 is 0 Å². The largest absolute Gasteiger partial charge is 0.326 e. The van der Waals surface area contributed by atoms with Crippen molar-refractivity contribution < 1.29 is 0 Å². The number of benzene rings is 1. The third-order valence-corrected chi connectivity index (χ3v) is 1.11. The van der Waals surface area contributed by atoms with Crippen molar-refractivity contribution in [3.63, 3.8) is 0 Å². The van der Waals surface area contributed by atoms with E-state index in [1.807, 2.05) is 20.8 Å². The molecule has 11 heavy (non-hydrogen) atoms. The number of fused-ring (bicyclic) bond motifs is 1. The summed E-state index contributed by atoms with van der Waals surface area (Å²) in [6.07, 6.45) is 0. The maximum Gasteiger partial charge on any atom is 0.00686 e. The maximum absolute atomic E-state index is 5.35. The second kappa shape index (κ2) is 2.67. The lowest BCUT2D eigenvalue weighted by molar-refractivity contribution is 0.580. The first-order chi connectivity index (χ1) is 4.97. The summed E-state index contributed by atoms with van der Waals surface area (Å²) >= 11 is 0. The zero-order valence-corrected chi connectivity index (χ0v) is 7.39. The van der Waals surface area contributed by atoms with Crippen molar-refractivity contribution >= 4 is 0 Å². The van der Waals surface area contributed by atoms with Gasteiger partial charge in [0.1, 0.15) is 0 Å². The van der Waals surface area contributed by atoms with Crippen LogP contribution < -0.4 is 5.73 Å². The van der Waals surface area contributed by atoms with Gasteiger partial charge in [-0.2, -0.15) is 0 Å². The van der Waals surface area contributed by atoms with E-state index in [2.05, 4.69) is 24.3 Å². The zero-order valence-electron chi connectivity index (χ0n) is 7.39. The highest BCUT2D eigenvalue weighted by Gasteiger charge is 2.06. The van der Waals surface area contributed by atoms with E-state index in [1.165, 1.54) is 11.1 Å². The molecule has 0 spiro atoms. The summed E-state index contributed by atoms with van der Waals surface area (Å²) in [6, 6.07) is 8.48. The number of rotatable bonds is 0. The Morgan fingerprint density at radius 3 is 1.55 bits per heavy atom. The third-order valence-electron chi connectivity index (χ3n) is 1.11. The molecule has 0 aromatic carbocycles. The predicted octanol–water partition coefficient (Wildman–Crippen LogP) is 2.41. The topological polar surface area (TPSA) is 26.0 Å². The van der Waals surface area contributed by atoms with Gasteiger partial charge in [0.15, 0.2) is 0 Å². The van der Waals surface area contributed by atoms with Gasteiger partial charge >= 0.3 is 0 Å². The molecule has 2 aliphatic rings. The van der Waals surface area contributed by atoms with Gasteiger partial charge in [0, 0.05) is 5.54 Å². The number of hydrogen-bond donors (Lipinski definition) is 1. The monoisotopic (exact) mass is 149 g/mol. The molecule has 0 aliphatic heterocycles. The van der Waals surface area contributed by atoms with Crippen molar-refractivity contribution in [3.8, 4) is 11.1 Å². The van der Waals surface area contributed by atoms with Crippen LogP contribution in [0.15, 0.2) is 24.3 Å². The fraction of sp³-hybridized carbons (Fsp3) is 0.400. The molecule has 2 rings (SSSR count). The highest BCUT2D eigenvalue weighted by molar-refractivity contribution is 5.80. The minimum Gasteiger partial charge on any atom is -0.326 e. The Labute approximate surface area is 68.2 Å². The van der Waals surface area contributed by atoms with Crippen LogP contribution in [-0.2, 0) is 0 Å². The molecule has 0 amide bonds. The summed E-state index contributed by atoms with van der Waals surface area (Å²) < 4.78 is 0. The van der Waals surface area contributed by atoms with Gasteiger partial charge in [-0.05, 0) is 38.0 Å². The van der Waals surface area contributed by atoms with Gasteiger partial charge in [-0.3, -0.25) is 0 Å². The van der Waals surface area contributed by atoms with Crippen molar-refractivity contribution in [2.75, 3.05) is 0 Å². The van der Waals surface area contributed by atoms with Gasteiger partial charge in [0.05, 0.1) is 0 Å². The first kappa shape index (κ1) is 8.28. The Bertz CT molecular complexity index is 222. The predicted molar refractivity (Wildman–Crippen MR) is 49.4 cm³/mol. The van der Waals surface area contributed by atoms with Crippen molar-refractivity contribution in [2.24, 2.45) is 5.73 Å². The molecule has 0 atom stereocenters. The molecule has 0 bridgehead atoms. The summed E-state index contributed by atoms with van der Waals surface area (Å²) in [5.41, 5.74) is 8.21. The average Bonchev–Trinajstić information content (AvgIpc) is 2.37. The second-order valence-corrected chi connectivity index (χ2v) is 3.95. The van der Waals surface area contributed by atoms with Gasteiger partial charge in [0.25, 0.3) is 0 Å². The van der Waals surface area contributed by atoms with E-state index in [4.69, 9.17) is 5.73 Å². The highest BCUT2D eigenvalue weighted by atomic mass is 14.7. The van der Waals surface area contributed by atoms with Gasteiger partial charge in [-0.15, -0.1) is 0 Å². The Balaban J connectivity index is 0.000000114. The van der Waals surface area contributed by atoms with Crippen LogP contribution in [0.3, 0.4) is 0 Å². The number of nitrogens with two attached hydrogens (primary N) is 1. The molecule has 0 heterocycles. The molecule has 1 nitrogen and oxygen atoms in total. The Morgan fingerprint density at radius 1 is 1.09 bits per heavy atom. The van der Waals surface area contributed by atoms with Crippen LogP contribution in [0.4, 0.5) is 0 Å². The molecule has 2 N–H and O–H groups in total. The molecule has 0 unspecified atom stereocenters. The van der Waals surface area contributed by atoms with Crippen LogP contribution in [-0.4, -0.2) is 5.54 Å². The lowest BCUT2D eigenvalue weighted by Gasteiger charge is -2.06.